The summed E-state index contributed by atoms with van der Waals surface area (Å²) in [6.07, 6.45) is 2.90. The van der Waals surface area contributed by atoms with Crippen molar-refractivity contribution in [2.45, 2.75) is 40.7 Å². The third kappa shape index (κ3) is 2.83. The van der Waals surface area contributed by atoms with E-state index in [1.807, 2.05) is 6.20 Å². The van der Waals surface area contributed by atoms with E-state index >= 15 is 0 Å². The molecule has 0 N–H and O–H groups in total. The molecule has 1 rings (SSSR count). The normalized spacial score (nSPS) is 12.1. The summed E-state index contributed by atoms with van der Waals surface area (Å²) in [5.74, 6) is 1.17. The van der Waals surface area contributed by atoms with Crippen molar-refractivity contribution in [1.82, 2.24) is 9.55 Å². The molecule has 0 aromatic carbocycles. The second-order valence-electron chi connectivity index (χ2n) is 4.48. The Morgan fingerprint density at radius 2 is 2.08 bits per heavy atom. The lowest BCUT2D eigenvalue weighted by Gasteiger charge is -2.18. The molecule has 0 aliphatic heterocycles. The van der Waals surface area contributed by atoms with Crippen LogP contribution in [0.25, 0.3) is 0 Å². The van der Waals surface area contributed by atoms with Gasteiger partial charge in [0.05, 0.1) is 6.20 Å². The van der Waals surface area contributed by atoms with E-state index in [4.69, 9.17) is 0 Å². The highest BCUT2D eigenvalue weighted by molar-refractivity contribution is 9.10. The van der Waals surface area contributed by atoms with Crippen molar-refractivity contribution in [1.29, 1.82) is 0 Å². The molecule has 0 bridgehead atoms. The van der Waals surface area contributed by atoms with Gasteiger partial charge in [0.25, 0.3) is 0 Å². The first kappa shape index (κ1) is 10.8. The molecular weight excluding hydrogens is 228 g/mol. The number of hydrogen-bond donors (Lipinski definition) is 0. The van der Waals surface area contributed by atoms with E-state index in [1.165, 1.54) is 5.82 Å². The first-order valence-corrected chi connectivity index (χ1v) is 5.43. The molecule has 3 heteroatoms. The summed E-state index contributed by atoms with van der Waals surface area (Å²) in [5.41, 5.74) is 0.303. The van der Waals surface area contributed by atoms with Gasteiger partial charge in [-0.05, 0) is 28.3 Å². The third-order valence-electron chi connectivity index (χ3n) is 1.89. The van der Waals surface area contributed by atoms with Gasteiger partial charge in [-0.25, -0.2) is 4.98 Å². The van der Waals surface area contributed by atoms with Crippen LogP contribution in [0.4, 0.5) is 0 Å². The van der Waals surface area contributed by atoms with Gasteiger partial charge in [0.1, 0.15) is 10.4 Å². The molecule has 0 unspecified atom stereocenters. The standard InChI is InChI=1S/C10H17BrN2/c1-5-13-8(11)7-12-9(13)6-10(2,3)4/h7H,5-6H2,1-4H3. The summed E-state index contributed by atoms with van der Waals surface area (Å²) < 4.78 is 3.28. The minimum Gasteiger partial charge on any atom is -0.323 e. The molecule has 1 aromatic heterocycles. The third-order valence-corrected chi connectivity index (χ3v) is 2.53. The number of aromatic nitrogens is 2. The van der Waals surface area contributed by atoms with Crippen LogP contribution in [-0.4, -0.2) is 9.55 Å². The zero-order valence-corrected chi connectivity index (χ0v) is 10.3. The van der Waals surface area contributed by atoms with E-state index in [9.17, 15) is 0 Å². The zero-order valence-electron chi connectivity index (χ0n) is 8.76. The van der Waals surface area contributed by atoms with E-state index in [-0.39, 0.29) is 0 Å². The van der Waals surface area contributed by atoms with Crippen molar-refractivity contribution in [3.63, 3.8) is 0 Å². The molecule has 0 spiro atoms. The van der Waals surface area contributed by atoms with Gasteiger partial charge in [-0.1, -0.05) is 20.8 Å². The fourth-order valence-corrected chi connectivity index (χ4v) is 1.90. The largest absolute Gasteiger partial charge is 0.323 e. The molecule has 0 aliphatic rings. The molecule has 0 aliphatic carbocycles. The Labute approximate surface area is 88.5 Å². The van der Waals surface area contributed by atoms with Crippen molar-refractivity contribution in [3.05, 3.63) is 16.6 Å². The minimum absolute atomic E-state index is 0.303. The van der Waals surface area contributed by atoms with Gasteiger partial charge in [0.2, 0.25) is 0 Å². The maximum atomic E-state index is 4.39. The Kier molecular flexibility index (Phi) is 3.17. The highest BCUT2D eigenvalue weighted by atomic mass is 79.9. The van der Waals surface area contributed by atoms with Gasteiger partial charge < -0.3 is 4.57 Å². The molecule has 0 saturated heterocycles. The molecule has 0 saturated carbocycles. The number of halogens is 1. The molecule has 1 heterocycles. The predicted octanol–water partition coefficient (Wildman–Crippen LogP) is 3.25. The first-order chi connectivity index (χ1) is 5.94. The molecular formula is C10H17BrN2. The van der Waals surface area contributed by atoms with E-state index < -0.39 is 0 Å². The minimum atomic E-state index is 0.303. The van der Waals surface area contributed by atoms with Crippen molar-refractivity contribution in [2.24, 2.45) is 5.41 Å². The maximum absolute atomic E-state index is 4.39. The lowest BCUT2D eigenvalue weighted by molar-refractivity contribution is 0.392. The summed E-state index contributed by atoms with van der Waals surface area (Å²) in [5, 5.41) is 0. The fourth-order valence-electron chi connectivity index (χ4n) is 1.34. The highest BCUT2D eigenvalue weighted by Gasteiger charge is 2.15. The zero-order chi connectivity index (χ0) is 10.1. The average molecular weight is 245 g/mol. The highest BCUT2D eigenvalue weighted by Crippen LogP contribution is 2.22. The van der Waals surface area contributed by atoms with Gasteiger partial charge in [0.15, 0.2) is 0 Å². The molecule has 0 amide bonds. The summed E-state index contributed by atoms with van der Waals surface area (Å²) >= 11 is 3.49. The second-order valence-corrected chi connectivity index (χ2v) is 5.29. The molecule has 0 radical (unpaired) electrons. The summed E-state index contributed by atoms with van der Waals surface area (Å²) in [6.45, 7) is 9.81. The number of hydrogen-bond acceptors (Lipinski definition) is 1. The Morgan fingerprint density at radius 1 is 1.46 bits per heavy atom. The van der Waals surface area contributed by atoms with Crippen LogP contribution in [0.3, 0.4) is 0 Å². The topological polar surface area (TPSA) is 17.8 Å². The van der Waals surface area contributed by atoms with Crippen LogP contribution in [0, 0.1) is 5.41 Å². The predicted molar refractivity (Wildman–Crippen MR) is 58.8 cm³/mol. The number of imidazole rings is 1. The van der Waals surface area contributed by atoms with E-state index in [0.717, 1.165) is 17.6 Å². The summed E-state index contributed by atoms with van der Waals surface area (Å²) in [4.78, 5) is 4.39. The van der Waals surface area contributed by atoms with Crippen LogP contribution in [0.2, 0.25) is 0 Å². The molecule has 2 nitrogen and oxygen atoms in total. The van der Waals surface area contributed by atoms with Crippen LogP contribution in [-0.2, 0) is 13.0 Å². The van der Waals surface area contributed by atoms with Crippen LogP contribution in [0.5, 0.6) is 0 Å². The van der Waals surface area contributed by atoms with Crippen molar-refractivity contribution >= 4 is 15.9 Å². The van der Waals surface area contributed by atoms with Gasteiger partial charge in [0, 0.05) is 13.0 Å². The summed E-state index contributed by atoms with van der Waals surface area (Å²) in [6, 6.07) is 0. The molecule has 0 fully saturated rings. The molecule has 74 valence electrons. The SMILES string of the molecule is CCn1c(Br)cnc1CC(C)(C)C. The van der Waals surface area contributed by atoms with Crippen LogP contribution < -0.4 is 0 Å². The lowest BCUT2D eigenvalue weighted by atomic mass is 9.92. The van der Waals surface area contributed by atoms with Crippen LogP contribution in [0.1, 0.15) is 33.5 Å². The van der Waals surface area contributed by atoms with Crippen molar-refractivity contribution in [3.8, 4) is 0 Å². The van der Waals surface area contributed by atoms with Crippen molar-refractivity contribution in [2.75, 3.05) is 0 Å². The smallest absolute Gasteiger partial charge is 0.110 e. The monoisotopic (exact) mass is 244 g/mol. The lowest BCUT2D eigenvalue weighted by Crippen LogP contribution is -2.14. The maximum Gasteiger partial charge on any atom is 0.110 e. The van der Waals surface area contributed by atoms with E-state index in [1.54, 1.807) is 0 Å². The van der Waals surface area contributed by atoms with E-state index in [2.05, 4.69) is 53.2 Å². The Hall–Kier alpha value is -0.310. The molecule has 13 heavy (non-hydrogen) atoms. The second kappa shape index (κ2) is 3.82. The van der Waals surface area contributed by atoms with Crippen LogP contribution in [0.15, 0.2) is 10.8 Å². The Bertz CT molecular complexity index is 284. The van der Waals surface area contributed by atoms with Crippen LogP contribution >= 0.6 is 15.9 Å². The molecule has 0 atom stereocenters. The summed E-state index contributed by atoms with van der Waals surface area (Å²) in [7, 11) is 0. The van der Waals surface area contributed by atoms with Crippen molar-refractivity contribution < 1.29 is 0 Å². The van der Waals surface area contributed by atoms with Gasteiger partial charge >= 0.3 is 0 Å². The fraction of sp³-hybridized carbons (Fsp3) is 0.700. The number of rotatable bonds is 2. The van der Waals surface area contributed by atoms with E-state index in [0.29, 0.717) is 5.41 Å². The average Bonchev–Trinajstić information content (AvgIpc) is 2.28. The van der Waals surface area contributed by atoms with Gasteiger partial charge in [-0.2, -0.15) is 0 Å². The quantitative estimate of drug-likeness (QED) is 0.782. The molecule has 1 aromatic rings. The first-order valence-electron chi connectivity index (χ1n) is 4.64. The van der Waals surface area contributed by atoms with Gasteiger partial charge in [-0.15, -0.1) is 0 Å². The Morgan fingerprint density at radius 3 is 2.54 bits per heavy atom. The Balaban J connectivity index is 2.89. The van der Waals surface area contributed by atoms with Gasteiger partial charge in [-0.3, -0.25) is 0 Å². The number of nitrogens with zero attached hydrogens (tertiary/aromatic N) is 2.